The van der Waals surface area contributed by atoms with E-state index in [9.17, 15) is 8.42 Å². The predicted octanol–water partition coefficient (Wildman–Crippen LogP) is 1.95. The lowest BCUT2D eigenvalue weighted by atomic mass is 10.0. The lowest BCUT2D eigenvalue weighted by Gasteiger charge is -2.39. The van der Waals surface area contributed by atoms with Crippen molar-refractivity contribution in [3.63, 3.8) is 0 Å². The molecule has 0 saturated carbocycles. The molecular weight excluding hydrogens is 451 g/mol. The van der Waals surface area contributed by atoms with Crippen LogP contribution in [0.4, 0.5) is 0 Å². The Kier molecular flexibility index (Phi) is 8.93. The zero-order valence-electron chi connectivity index (χ0n) is 16.1. The summed E-state index contributed by atoms with van der Waals surface area (Å²) in [6.45, 7) is 12.8. The molecule has 2 aliphatic rings. The Morgan fingerprint density at radius 1 is 1.24 bits per heavy atom. The van der Waals surface area contributed by atoms with Gasteiger partial charge in [0.1, 0.15) is 0 Å². The second-order valence-electron chi connectivity index (χ2n) is 7.47. The molecule has 25 heavy (non-hydrogen) atoms. The Labute approximate surface area is 170 Å². The number of sulfone groups is 1. The molecule has 2 heterocycles. The minimum Gasteiger partial charge on any atom is -0.357 e. The van der Waals surface area contributed by atoms with Crippen LogP contribution in [-0.2, 0) is 9.84 Å². The number of nitrogens with one attached hydrogen (secondary N) is 1. The van der Waals surface area contributed by atoms with E-state index in [-0.39, 0.29) is 29.7 Å². The van der Waals surface area contributed by atoms with Crippen molar-refractivity contribution in [2.45, 2.75) is 57.7 Å². The van der Waals surface area contributed by atoms with Crippen LogP contribution >= 0.6 is 24.0 Å². The number of aliphatic imine (C=N–C) groups is 1. The summed E-state index contributed by atoms with van der Waals surface area (Å²) in [6, 6.07) is 0.513. The van der Waals surface area contributed by atoms with E-state index in [1.165, 1.54) is 25.8 Å². The zero-order valence-corrected chi connectivity index (χ0v) is 19.3. The van der Waals surface area contributed by atoms with Crippen LogP contribution in [0.1, 0.15) is 47.0 Å². The van der Waals surface area contributed by atoms with Crippen LogP contribution in [0.5, 0.6) is 0 Å². The van der Waals surface area contributed by atoms with E-state index < -0.39 is 14.6 Å². The van der Waals surface area contributed by atoms with Gasteiger partial charge in [-0.15, -0.1) is 24.0 Å². The maximum atomic E-state index is 12.2. The average Bonchev–Trinajstić information content (AvgIpc) is 2.54. The molecule has 2 rings (SSSR count). The number of likely N-dealkylation sites (tertiary alicyclic amines) is 1. The second-order valence-corrected chi connectivity index (χ2v) is 10.2. The number of hydrogen-bond acceptors (Lipinski definition) is 4. The summed E-state index contributed by atoms with van der Waals surface area (Å²) in [7, 11) is -3.02. The highest BCUT2D eigenvalue weighted by Crippen LogP contribution is 2.24. The molecule has 148 valence electrons. The topological polar surface area (TPSA) is 65.0 Å². The average molecular weight is 486 g/mol. The quantitative estimate of drug-likeness (QED) is 0.374. The maximum absolute atomic E-state index is 12.2. The Hall–Kier alpha value is -0.0900. The third kappa shape index (κ3) is 5.69. The molecule has 1 unspecified atom stereocenters. The summed E-state index contributed by atoms with van der Waals surface area (Å²) in [4.78, 5) is 9.50. The number of halogens is 1. The first-order chi connectivity index (χ1) is 11.3. The smallest absolute Gasteiger partial charge is 0.194 e. The molecule has 0 amide bonds. The van der Waals surface area contributed by atoms with Gasteiger partial charge in [-0.1, -0.05) is 13.3 Å². The van der Waals surface area contributed by atoms with Gasteiger partial charge in [0.05, 0.1) is 17.0 Å². The number of nitrogens with zero attached hydrogens (tertiary/aromatic N) is 3. The fourth-order valence-electron chi connectivity index (χ4n) is 3.63. The SMILES string of the molecule is CCNC(=NCC1CCCCN1CC)N1CCS(=O)(=O)C(C)(C)C1.I. The predicted molar refractivity (Wildman–Crippen MR) is 116 cm³/mol. The summed E-state index contributed by atoms with van der Waals surface area (Å²) < 4.78 is 23.7. The zero-order chi connectivity index (χ0) is 17.8. The molecule has 0 aliphatic carbocycles. The van der Waals surface area contributed by atoms with Gasteiger partial charge in [-0.05, 0) is 46.7 Å². The van der Waals surface area contributed by atoms with Gasteiger partial charge in [0.2, 0.25) is 0 Å². The molecule has 2 fully saturated rings. The Morgan fingerprint density at radius 3 is 2.56 bits per heavy atom. The Morgan fingerprint density at radius 2 is 1.96 bits per heavy atom. The van der Waals surface area contributed by atoms with Crippen LogP contribution in [0, 0.1) is 0 Å². The fourth-order valence-corrected chi connectivity index (χ4v) is 4.99. The van der Waals surface area contributed by atoms with Crippen molar-refractivity contribution in [2.75, 3.05) is 45.0 Å². The van der Waals surface area contributed by atoms with Crippen LogP contribution in [0.15, 0.2) is 4.99 Å². The number of piperidine rings is 1. The molecule has 0 aromatic rings. The molecule has 6 nitrogen and oxygen atoms in total. The third-order valence-electron chi connectivity index (χ3n) is 5.28. The highest BCUT2D eigenvalue weighted by atomic mass is 127. The van der Waals surface area contributed by atoms with Crippen LogP contribution < -0.4 is 5.32 Å². The van der Waals surface area contributed by atoms with Crippen LogP contribution in [0.25, 0.3) is 0 Å². The van der Waals surface area contributed by atoms with E-state index >= 15 is 0 Å². The second kappa shape index (κ2) is 9.73. The van der Waals surface area contributed by atoms with Crippen molar-refractivity contribution in [3.05, 3.63) is 0 Å². The normalized spacial score (nSPS) is 26.8. The number of guanidine groups is 1. The molecule has 8 heteroatoms. The summed E-state index contributed by atoms with van der Waals surface area (Å²) in [5.41, 5.74) is 0. The number of hydrogen-bond donors (Lipinski definition) is 1. The highest BCUT2D eigenvalue weighted by molar-refractivity contribution is 14.0. The van der Waals surface area contributed by atoms with Crippen molar-refractivity contribution < 1.29 is 8.42 Å². The van der Waals surface area contributed by atoms with Crippen molar-refractivity contribution in [1.29, 1.82) is 0 Å². The van der Waals surface area contributed by atoms with E-state index in [4.69, 9.17) is 4.99 Å². The first-order valence-corrected chi connectivity index (χ1v) is 11.0. The van der Waals surface area contributed by atoms with Crippen molar-refractivity contribution in [3.8, 4) is 0 Å². The molecule has 1 atom stereocenters. The standard InChI is InChI=1S/C17H34N4O2S.HI/c1-5-18-16(19-13-15-9-7-8-10-20(15)6-2)21-11-12-24(22,23)17(3,4)14-21;/h15H,5-14H2,1-4H3,(H,18,19);1H. The summed E-state index contributed by atoms with van der Waals surface area (Å²) in [5.74, 6) is 1.07. The largest absolute Gasteiger partial charge is 0.357 e. The van der Waals surface area contributed by atoms with Crippen molar-refractivity contribution >= 4 is 39.8 Å². The Bertz CT molecular complexity index is 551. The van der Waals surface area contributed by atoms with Gasteiger partial charge in [-0.3, -0.25) is 9.89 Å². The highest BCUT2D eigenvalue weighted by Gasteiger charge is 2.41. The van der Waals surface area contributed by atoms with E-state index in [0.29, 0.717) is 19.1 Å². The van der Waals surface area contributed by atoms with E-state index in [0.717, 1.165) is 25.6 Å². The fraction of sp³-hybridized carbons (Fsp3) is 0.941. The molecule has 2 aliphatic heterocycles. The van der Waals surface area contributed by atoms with Gasteiger partial charge in [0, 0.05) is 25.7 Å². The monoisotopic (exact) mass is 486 g/mol. The summed E-state index contributed by atoms with van der Waals surface area (Å²) >= 11 is 0. The van der Waals surface area contributed by atoms with Gasteiger partial charge in [-0.25, -0.2) is 8.42 Å². The van der Waals surface area contributed by atoms with Gasteiger partial charge in [0.15, 0.2) is 15.8 Å². The van der Waals surface area contributed by atoms with E-state index in [1.807, 2.05) is 13.8 Å². The molecular formula is C17H35IN4O2S. The Balaban J connectivity index is 0.00000312. The van der Waals surface area contributed by atoms with Gasteiger partial charge in [-0.2, -0.15) is 0 Å². The molecule has 2 saturated heterocycles. The lowest BCUT2D eigenvalue weighted by Crippen LogP contribution is -2.57. The minimum atomic E-state index is -3.02. The van der Waals surface area contributed by atoms with E-state index in [1.54, 1.807) is 0 Å². The summed E-state index contributed by atoms with van der Waals surface area (Å²) in [5, 5.41) is 3.35. The molecule has 1 N–H and O–H groups in total. The third-order valence-corrected chi connectivity index (χ3v) is 7.82. The van der Waals surface area contributed by atoms with Crippen molar-refractivity contribution in [2.24, 2.45) is 4.99 Å². The van der Waals surface area contributed by atoms with Crippen LogP contribution in [-0.4, -0.2) is 80.0 Å². The maximum Gasteiger partial charge on any atom is 0.194 e. The van der Waals surface area contributed by atoms with Crippen LogP contribution in [0.2, 0.25) is 0 Å². The lowest BCUT2D eigenvalue weighted by molar-refractivity contribution is 0.161. The van der Waals surface area contributed by atoms with Gasteiger partial charge in [0.25, 0.3) is 0 Å². The molecule has 0 aromatic carbocycles. The number of rotatable bonds is 4. The molecule has 0 bridgehead atoms. The number of likely N-dealkylation sites (N-methyl/N-ethyl adjacent to an activating group) is 1. The van der Waals surface area contributed by atoms with Crippen molar-refractivity contribution in [1.82, 2.24) is 15.1 Å². The molecule has 0 aromatic heterocycles. The molecule has 0 spiro atoms. The summed E-state index contributed by atoms with van der Waals surface area (Å²) in [6.07, 6.45) is 3.77. The molecule has 0 radical (unpaired) electrons. The van der Waals surface area contributed by atoms with E-state index in [2.05, 4.69) is 29.0 Å². The van der Waals surface area contributed by atoms with Gasteiger partial charge < -0.3 is 10.2 Å². The first kappa shape index (κ1) is 23.0. The minimum absolute atomic E-state index is 0. The van der Waals surface area contributed by atoms with Gasteiger partial charge >= 0.3 is 0 Å². The first-order valence-electron chi connectivity index (χ1n) is 9.30. The van der Waals surface area contributed by atoms with Crippen LogP contribution in [0.3, 0.4) is 0 Å².